The Morgan fingerprint density at radius 3 is 2.18 bits per heavy atom. The number of carbonyl (C=O) groups is 1. The van der Waals surface area contributed by atoms with Crippen LogP contribution in [-0.2, 0) is 18.4 Å². The van der Waals surface area contributed by atoms with E-state index in [0.29, 0.717) is 0 Å². The Bertz CT molecular complexity index is 173. The van der Waals surface area contributed by atoms with Crippen LogP contribution in [0.3, 0.4) is 0 Å². The van der Waals surface area contributed by atoms with E-state index in [-0.39, 0.29) is 11.3 Å². The molecule has 6 heteroatoms. The molecule has 0 aliphatic rings. The fourth-order valence-electron chi connectivity index (χ4n) is 0.426. The van der Waals surface area contributed by atoms with Gasteiger partial charge in [-0.15, -0.1) is 0 Å². The molecule has 66 valence electrons. The Kier molecular flexibility index (Phi) is 5.01. The van der Waals surface area contributed by atoms with Crippen LogP contribution in [0.15, 0.2) is 0 Å². The van der Waals surface area contributed by atoms with Crippen LogP contribution in [0.25, 0.3) is 0 Å². The number of carbonyl (C=O) groups excluding carboxylic acids is 1. The van der Waals surface area contributed by atoms with Crippen molar-refractivity contribution in [3.05, 3.63) is 0 Å². The smallest absolute Gasteiger partial charge is 0.312 e. The Labute approximate surface area is 70.2 Å². The van der Waals surface area contributed by atoms with E-state index in [1.165, 1.54) is 14.2 Å². The van der Waals surface area contributed by atoms with E-state index in [1.54, 1.807) is 6.26 Å². The molecule has 0 N–H and O–H groups in total. The summed E-state index contributed by atoms with van der Waals surface area (Å²) in [7, 11) is -0.601. The summed E-state index contributed by atoms with van der Waals surface area (Å²) in [6.07, 6.45) is 1.46. The fraction of sp³-hybridized carbons (Fsp3) is 0.800. The Morgan fingerprint density at radius 1 is 1.45 bits per heavy atom. The highest BCUT2D eigenvalue weighted by Gasteiger charge is 2.24. The van der Waals surface area contributed by atoms with E-state index in [9.17, 15) is 9.36 Å². The van der Waals surface area contributed by atoms with E-state index in [4.69, 9.17) is 0 Å². The monoisotopic (exact) mass is 198 g/mol. The molecule has 0 aromatic heterocycles. The lowest BCUT2D eigenvalue weighted by atomic mass is 10.9. The second-order valence-electron chi connectivity index (χ2n) is 1.71. The van der Waals surface area contributed by atoms with Crippen molar-refractivity contribution in [2.45, 2.75) is 0 Å². The molecule has 4 nitrogen and oxygen atoms in total. The van der Waals surface area contributed by atoms with Crippen LogP contribution >= 0.6 is 19.4 Å². The molecule has 0 aromatic carbocycles. The Hall–Kier alpha value is 0.170. The van der Waals surface area contributed by atoms with Gasteiger partial charge in [-0.3, -0.25) is 9.36 Å². The highest BCUT2D eigenvalue weighted by atomic mass is 32.2. The third kappa shape index (κ3) is 3.91. The van der Waals surface area contributed by atoms with E-state index in [0.717, 1.165) is 11.8 Å². The van der Waals surface area contributed by atoms with Crippen LogP contribution in [0.4, 0.5) is 0 Å². The molecule has 0 saturated heterocycles. The molecule has 0 rings (SSSR count). The molecule has 0 atom stereocenters. The maximum absolute atomic E-state index is 11.2. The van der Waals surface area contributed by atoms with Gasteiger partial charge in [0.2, 0.25) is 5.12 Å². The van der Waals surface area contributed by atoms with Crippen LogP contribution < -0.4 is 0 Å². The molecule has 11 heavy (non-hydrogen) atoms. The second kappa shape index (κ2) is 4.93. The van der Waals surface area contributed by atoms with Gasteiger partial charge < -0.3 is 9.05 Å². The maximum Gasteiger partial charge on any atom is 0.338 e. The first kappa shape index (κ1) is 11.2. The molecular formula is C5H11O4PS. The fourth-order valence-corrected chi connectivity index (χ4v) is 2.14. The van der Waals surface area contributed by atoms with Crippen LogP contribution in [0.2, 0.25) is 0 Å². The molecule has 0 aromatic rings. The second-order valence-corrected chi connectivity index (χ2v) is 4.84. The average molecular weight is 198 g/mol. The molecule has 0 bridgehead atoms. The molecule has 0 aliphatic carbocycles. The van der Waals surface area contributed by atoms with Crippen molar-refractivity contribution in [2.75, 3.05) is 26.6 Å². The van der Waals surface area contributed by atoms with Gasteiger partial charge in [0.05, 0.1) is 0 Å². The summed E-state index contributed by atoms with van der Waals surface area (Å²) in [6.45, 7) is 0. The van der Waals surface area contributed by atoms with Crippen LogP contribution in [0.1, 0.15) is 0 Å². The molecule has 0 amide bonds. The van der Waals surface area contributed by atoms with Gasteiger partial charge in [0, 0.05) is 14.2 Å². The van der Waals surface area contributed by atoms with Crippen LogP contribution in [0, 0.1) is 0 Å². The maximum atomic E-state index is 11.2. The third-order valence-electron chi connectivity index (χ3n) is 1.11. The lowest BCUT2D eigenvalue weighted by Crippen LogP contribution is -2.02. The zero-order chi connectivity index (χ0) is 8.91. The summed E-state index contributed by atoms with van der Waals surface area (Å²) in [5.41, 5.74) is 0. The summed E-state index contributed by atoms with van der Waals surface area (Å²) in [4.78, 5) is 10.8. The summed E-state index contributed by atoms with van der Waals surface area (Å²) in [5, 5.41) is -0.197. The number of hydrogen-bond donors (Lipinski definition) is 0. The van der Waals surface area contributed by atoms with E-state index < -0.39 is 7.60 Å². The van der Waals surface area contributed by atoms with Crippen LogP contribution in [-0.4, -0.2) is 31.8 Å². The van der Waals surface area contributed by atoms with Gasteiger partial charge in [-0.25, -0.2) is 0 Å². The van der Waals surface area contributed by atoms with E-state index in [1.807, 2.05) is 0 Å². The van der Waals surface area contributed by atoms with Crippen molar-refractivity contribution in [3.8, 4) is 0 Å². The number of thioether (sulfide) groups is 1. The first-order chi connectivity index (χ1) is 5.08. The highest BCUT2D eigenvalue weighted by Crippen LogP contribution is 2.46. The summed E-state index contributed by atoms with van der Waals surface area (Å²) < 4.78 is 20.4. The molecule has 0 heterocycles. The summed E-state index contributed by atoms with van der Waals surface area (Å²) >= 11 is 1.01. The molecule has 0 unspecified atom stereocenters. The Balaban J connectivity index is 4.09. The quantitative estimate of drug-likeness (QED) is 0.638. The molecule has 0 saturated carbocycles. The summed E-state index contributed by atoms with van der Waals surface area (Å²) in [6, 6.07) is 0. The van der Waals surface area contributed by atoms with Gasteiger partial charge in [0.25, 0.3) is 0 Å². The van der Waals surface area contributed by atoms with E-state index >= 15 is 0 Å². The van der Waals surface area contributed by atoms with Gasteiger partial charge in [0.1, 0.15) is 6.16 Å². The standard InChI is InChI=1S/C5H11O4PS/c1-8-10(7,9-2)4-5(6)11-3/h4H2,1-3H3. The predicted octanol–water partition coefficient (Wildman–Crippen LogP) is 1.36. The normalized spacial score (nSPS) is 11.5. The van der Waals surface area contributed by atoms with Gasteiger partial charge >= 0.3 is 7.60 Å². The molecule has 0 fully saturated rings. The third-order valence-corrected chi connectivity index (χ3v) is 3.71. The highest BCUT2D eigenvalue weighted by molar-refractivity contribution is 8.13. The SMILES string of the molecule is COP(=O)(CC(=O)SC)OC. The van der Waals surface area contributed by atoms with Crippen molar-refractivity contribution in [1.82, 2.24) is 0 Å². The largest absolute Gasteiger partial charge is 0.338 e. The van der Waals surface area contributed by atoms with Crippen molar-refractivity contribution < 1.29 is 18.4 Å². The number of rotatable bonds is 4. The zero-order valence-electron chi connectivity index (χ0n) is 6.70. The Morgan fingerprint density at radius 2 is 1.91 bits per heavy atom. The van der Waals surface area contributed by atoms with E-state index in [2.05, 4.69) is 9.05 Å². The van der Waals surface area contributed by atoms with Gasteiger partial charge in [-0.2, -0.15) is 0 Å². The van der Waals surface area contributed by atoms with Gasteiger partial charge in [-0.05, 0) is 6.26 Å². The van der Waals surface area contributed by atoms with Gasteiger partial charge in [-0.1, -0.05) is 11.8 Å². The van der Waals surface area contributed by atoms with Gasteiger partial charge in [0.15, 0.2) is 0 Å². The van der Waals surface area contributed by atoms with Crippen molar-refractivity contribution >= 4 is 24.5 Å². The minimum atomic E-state index is -3.12. The first-order valence-electron chi connectivity index (χ1n) is 2.85. The summed E-state index contributed by atoms with van der Waals surface area (Å²) in [5.74, 6) is 0. The molecular weight excluding hydrogens is 187 g/mol. The molecule has 0 spiro atoms. The molecule has 0 aliphatic heterocycles. The van der Waals surface area contributed by atoms with Crippen LogP contribution in [0.5, 0.6) is 0 Å². The lowest BCUT2D eigenvalue weighted by Gasteiger charge is -2.10. The molecule has 0 radical (unpaired) electrons. The van der Waals surface area contributed by atoms with Crippen molar-refractivity contribution in [2.24, 2.45) is 0 Å². The lowest BCUT2D eigenvalue weighted by molar-refractivity contribution is -0.109. The van der Waals surface area contributed by atoms with Crippen molar-refractivity contribution in [3.63, 3.8) is 0 Å². The minimum absolute atomic E-state index is 0.166. The predicted molar refractivity (Wildman–Crippen MR) is 45.0 cm³/mol. The minimum Gasteiger partial charge on any atom is -0.312 e. The number of hydrogen-bond acceptors (Lipinski definition) is 5. The van der Waals surface area contributed by atoms with Crippen molar-refractivity contribution in [1.29, 1.82) is 0 Å². The average Bonchev–Trinajstić information content (AvgIpc) is 2.04. The topological polar surface area (TPSA) is 52.6 Å². The first-order valence-corrected chi connectivity index (χ1v) is 5.80. The zero-order valence-corrected chi connectivity index (χ0v) is 8.41.